The highest BCUT2D eigenvalue weighted by atomic mass is 35.5. The van der Waals surface area contributed by atoms with Crippen LogP contribution < -0.4 is 5.32 Å². The van der Waals surface area contributed by atoms with Crippen molar-refractivity contribution in [1.29, 1.82) is 0 Å². The van der Waals surface area contributed by atoms with Crippen LogP contribution in [0.15, 0.2) is 24.4 Å². The number of carbonyl (C=O) groups excluding carboxylic acids is 3. The fourth-order valence-corrected chi connectivity index (χ4v) is 6.32. The van der Waals surface area contributed by atoms with E-state index < -0.39 is 0 Å². The van der Waals surface area contributed by atoms with Gasteiger partial charge < -0.3 is 14.8 Å². The van der Waals surface area contributed by atoms with E-state index in [4.69, 9.17) is 11.6 Å². The van der Waals surface area contributed by atoms with Gasteiger partial charge in [0.1, 0.15) is 5.78 Å². The lowest BCUT2D eigenvalue weighted by atomic mass is 9.76. The predicted octanol–water partition coefficient (Wildman–Crippen LogP) is 5.25. The molecule has 1 aliphatic carbocycles. The molecule has 0 radical (unpaired) electrons. The van der Waals surface area contributed by atoms with Gasteiger partial charge in [-0.2, -0.15) is 0 Å². The van der Waals surface area contributed by atoms with Crippen LogP contribution in [-0.4, -0.2) is 52.6 Å². The molecule has 3 unspecified atom stereocenters. The van der Waals surface area contributed by atoms with Crippen molar-refractivity contribution in [2.75, 3.05) is 13.6 Å². The molecule has 35 heavy (non-hydrogen) atoms. The molecule has 1 N–H and O–H groups in total. The monoisotopic (exact) mass is 499 g/mol. The van der Waals surface area contributed by atoms with Gasteiger partial charge in [-0.25, -0.2) is 0 Å². The number of halogens is 1. The van der Waals surface area contributed by atoms with E-state index in [2.05, 4.69) is 9.88 Å². The third-order valence-corrected chi connectivity index (χ3v) is 8.47. The fraction of sp³-hybridized carbons (Fsp3) is 0.607. The molecule has 6 nitrogen and oxygen atoms in total. The predicted molar refractivity (Wildman–Crippen MR) is 140 cm³/mol. The molecule has 1 saturated carbocycles. The zero-order valence-electron chi connectivity index (χ0n) is 21.2. The van der Waals surface area contributed by atoms with Crippen molar-refractivity contribution < 1.29 is 14.4 Å². The molecule has 2 fully saturated rings. The molecule has 2 aromatic rings. The Labute approximate surface area is 213 Å². The van der Waals surface area contributed by atoms with Crippen molar-refractivity contribution in [2.24, 2.45) is 11.8 Å². The van der Waals surface area contributed by atoms with Crippen molar-refractivity contribution in [3.05, 3.63) is 35.0 Å². The van der Waals surface area contributed by atoms with E-state index in [9.17, 15) is 14.4 Å². The van der Waals surface area contributed by atoms with Crippen LogP contribution in [0.2, 0.25) is 5.02 Å². The van der Waals surface area contributed by atoms with Crippen LogP contribution in [0.1, 0.15) is 75.6 Å². The van der Waals surface area contributed by atoms with Crippen LogP contribution in [-0.2, 0) is 16.1 Å². The quantitative estimate of drug-likeness (QED) is 0.478. The van der Waals surface area contributed by atoms with Gasteiger partial charge in [-0.05, 0) is 58.6 Å². The fourth-order valence-electron chi connectivity index (χ4n) is 6.04. The molecule has 190 valence electrons. The molecule has 1 saturated heterocycles. The number of rotatable bonds is 9. The highest BCUT2D eigenvalue weighted by Gasteiger charge is 2.39. The standard InChI is InChI=1S/C28H38ClN3O3/c1-18(30-3)26(34)15-23(20-9-5-4-6-10-20)28(35)32-14-8-11-21(32)16-31-17-24(19(2)33)22-12-7-13-25(29)27(22)31/h7,12-13,17-18,20-21,23,30H,4-6,8-11,14-16H2,1-3H3. The highest BCUT2D eigenvalue weighted by Crippen LogP contribution is 2.36. The number of hydrogen-bond donors (Lipinski definition) is 1. The summed E-state index contributed by atoms with van der Waals surface area (Å²) in [5, 5.41) is 4.50. The Hall–Kier alpha value is -2.18. The number of para-hydroxylation sites is 1. The maximum absolute atomic E-state index is 14.0. The first kappa shape index (κ1) is 25.9. The van der Waals surface area contributed by atoms with E-state index in [1.54, 1.807) is 14.0 Å². The second-order valence-corrected chi connectivity index (χ2v) is 10.8. The molecule has 2 heterocycles. The zero-order valence-corrected chi connectivity index (χ0v) is 21.9. The number of nitrogens with one attached hydrogen (secondary N) is 1. The molecule has 0 bridgehead atoms. The number of benzene rings is 1. The third kappa shape index (κ3) is 5.49. The number of likely N-dealkylation sites (tertiary alicyclic amines) is 1. The van der Waals surface area contributed by atoms with Gasteiger partial charge in [-0.1, -0.05) is 43.0 Å². The van der Waals surface area contributed by atoms with Gasteiger partial charge in [0, 0.05) is 48.6 Å². The van der Waals surface area contributed by atoms with Crippen molar-refractivity contribution >= 4 is 40.0 Å². The summed E-state index contributed by atoms with van der Waals surface area (Å²) in [6.07, 6.45) is 9.57. The largest absolute Gasteiger partial charge is 0.343 e. The van der Waals surface area contributed by atoms with Crippen molar-refractivity contribution in [3.8, 4) is 0 Å². The van der Waals surface area contributed by atoms with E-state index in [1.807, 2.05) is 36.2 Å². The Morgan fingerprint density at radius 1 is 1.11 bits per heavy atom. The number of aromatic nitrogens is 1. The summed E-state index contributed by atoms with van der Waals surface area (Å²) in [5.41, 5.74) is 1.51. The normalized spacial score (nSPS) is 20.8. The van der Waals surface area contributed by atoms with Crippen molar-refractivity contribution in [1.82, 2.24) is 14.8 Å². The molecule has 0 spiro atoms. The van der Waals surface area contributed by atoms with Crippen LogP contribution in [0.4, 0.5) is 0 Å². The molecule has 1 aromatic heterocycles. The third-order valence-electron chi connectivity index (χ3n) is 8.17. The van der Waals surface area contributed by atoms with E-state index in [1.165, 1.54) is 6.42 Å². The Kier molecular flexibility index (Phi) is 8.33. The van der Waals surface area contributed by atoms with Gasteiger partial charge in [-0.3, -0.25) is 14.4 Å². The maximum atomic E-state index is 14.0. The topological polar surface area (TPSA) is 71.4 Å². The number of amides is 1. The van der Waals surface area contributed by atoms with Gasteiger partial charge in [0.05, 0.1) is 16.6 Å². The number of hydrogen-bond acceptors (Lipinski definition) is 4. The number of nitrogens with zero attached hydrogens (tertiary/aromatic N) is 2. The van der Waals surface area contributed by atoms with E-state index in [-0.39, 0.29) is 41.4 Å². The summed E-state index contributed by atoms with van der Waals surface area (Å²) in [7, 11) is 1.79. The van der Waals surface area contributed by atoms with Gasteiger partial charge in [0.2, 0.25) is 5.91 Å². The van der Waals surface area contributed by atoms with Crippen LogP contribution >= 0.6 is 11.6 Å². The van der Waals surface area contributed by atoms with Gasteiger partial charge in [0.25, 0.3) is 0 Å². The summed E-state index contributed by atoms with van der Waals surface area (Å²) >= 11 is 6.56. The molecule has 1 amide bonds. The Morgan fingerprint density at radius 2 is 1.86 bits per heavy atom. The van der Waals surface area contributed by atoms with E-state index in [0.29, 0.717) is 23.6 Å². The number of likely N-dealkylation sites (N-methyl/N-ethyl adjacent to an activating group) is 1. The first-order chi connectivity index (χ1) is 16.8. The van der Waals surface area contributed by atoms with Crippen LogP contribution in [0.25, 0.3) is 10.9 Å². The van der Waals surface area contributed by atoms with E-state index >= 15 is 0 Å². The average molecular weight is 500 g/mol. The van der Waals surface area contributed by atoms with Crippen LogP contribution in [0.5, 0.6) is 0 Å². The summed E-state index contributed by atoms with van der Waals surface area (Å²) in [4.78, 5) is 41.2. The second-order valence-electron chi connectivity index (χ2n) is 10.4. The summed E-state index contributed by atoms with van der Waals surface area (Å²) in [6.45, 7) is 4.76. The van der Waals surface area contributed by atoms with E-state index in [0.717, 1.165) is 56.0 Å². The first-order valence-corrected chi connectivity index (χ1v) is 13.5. The summed E-state index contributed by atoms with van der Waals surface area (Å²) in [6, 6.07) is 5.42. The molecule has 1 aliphatic heterocycles. The first-order valence-electron chi connectivity index (χ1n) is 13.1. The van der Waals surface area contributed by atoms with Gasteiger partial charge in [-0.15, -0.1) is 0 Å². The summed E-state index contributed by atoms with van der Waals surface area (Å²) < 4.78 is 2.05. The van der Waals surface area contributed by atoms with Gasteiger partial charge >= 0.3 is 0 Å². The average Bonchev–Trinajstić information content (AvgIpc) is 3.47. The molecule has 1 aromatic carbocycles. The van der Waals surface area contributed by atoms with Crippen molar-refractivity contribution in [2.45, 2.75) is 83.8 Å². The minimum absolute atomic E-state index is 0.00454. The zero-order chi connectivity index (χ0) is 25.1. The second kappa shape index (κ2) is 11.3. The van der Waals surface area contributed by atoms with Crippen LogP contribution in [0.3, 0.4) is 0 Å². The molecular formula is C28H38ClN3O3. The number of Topliss-reactive ketones (excluding diaryl/α,β-unsaturated/α-hetero) is 2. The molecule has 7 heteroatoms. The lowest BCUT2D eigenvalue weighted by Gasteiger charge is -2.35. The number of carbonyl (C=O) groups is 3. The number of ketones is 2. The lowest BCUT2D eigenvalue weighted by molar-refractivity contribution is -0.141. The molecule has 2 aliphatic rings. The molecule has 3 atom stereocenters. The SMILES string of the molecule is CNC(C)C(=O)CC(C(=O)N1CCCC1Cn1cc(C(C)=O)c2cccc(Cl)c21)C1CCCCC1. The van der Waals surface area contributed by atoms with Gasteiger partial charge in [0.15, 0.2) is 5.78 Å². The maximum Gasteiger partial charge on any atom is 0.226 e. The minimum Gasteiger partial charge on any atom is -0.343 e. The lowest BCUT2D eigenvalue weighted by Crippen LogP contribution is -2.45. The Bertz CT molecular complexity index is 1090. The smallest absolute Gasteiger partial charge is 0.226 e. The summed E-state index contributed by atoms with van der Waals surface area (Å²) in [5.74, 6) is 0.269. The minimum atomic E-state index is -0.253. The van der Waals surface area contributed by atoms with Crippen molar-refractivity contribution in [3.63, 3.8) is 0 Å². The Morgan fingerprint density at radius 3 is 2.54 bits per heavy atom. The Balaban J connectivity index is 1.60. The molecule has 4 rings (SSSR count). The molecular weight excluding hydrogens is 462 g/mol. The van der Waals surface area contributed by atoms with Crippen LogP contribution in [0, 0.1) is 11.8 Å². The number of fused-ring (bicyclic) bond motifs is 1. The highest BCUT2D eigenvalue weighted by molar-refractivity contribution is 6.35.